The minimum atomic E-state index is -3.79. The van der Waals surface area contributed by atoms with Gasteiger partial charge in [-0.05, 0) is 50.9 Å². The van der Waals surface area contributed by atoms with Crippen molar-refractivity contribution in [3.8, 4) is 0 Å². The lowest BCUT2D eigenvalue weighted by Gasteiger charge is -2.31. The molecule has 1 aromatic rings. The van der Waals surface area contributed by atoms with Crippen molar-refractivity contribution in [3.63, 3.8) is 0 Å². The molecule has 2 aliphatic heterocycles. The second-order valence-electron chi connectivity index (χ2n) is 5.99. The maximum Gasteiger partial charge on any atom is 0.737 e. The molecule has 0 spiro atoms. The van der Waals surface area contributed by atoms with E-state index in [4.69, 9.17) is 0 Å². The number of fused-ring (bicyclic) bond motifs is 2. The van der Waals surface area contributed by atoms with Crippen LogP contribution >= 0.6 is 0 Å². The fourth-order valence-corrected chi connectivity index (χ4v) is 3.75. The molecule has 0 aliphatic carbocycles. The zero-order valence-electron chi connectivity index (χ0n) is 13.3. The molecule has 0 atom stereocenters. The van der Waals surface area contributed by atoms with Gasteiger partial charge in [0.15, 0.2) is 5.70 Å². The van der Waals surface area contributed by atoms with E-state index in [1.54, 1.807) is 12.4 Å². The van der Waals surface area contributed by atoms with Crippen molar-refractivity contribution in [1.29, 1.82) is 0 Å². The number of hydrogen-bond acceptors (Lipinski definition) is 0. The molecule has 0 radical (unpaired) electrons. The Morgan fingerprint density at radius 2 is 1.76 bits per heavy atom. The lowest BCUT2D eigenvalue weighted by atomic mass is 9.87. The van der Waals surface area contributed by atoms with E-state index in [9.17, 15) is 8.63 Å². The van der Waals surface area contributed by atoms with Crippen LogP contribution in [0.15, 0.2) is 23.0 Å². The average molecular weight is 290 g/mol. The van der Waals surface area contributed by atoms with E-state index in [1.165, 1.54) is 8.96 Å². The van der Waals surface area contributed by atoms with Crippen LogP contribution in [0.3, 0.4) is 0 Å². The van der Waals surface area contributed by atoms with Gasteiger partial charge in [0.25, 0.3) is 0 Å². The summed E-state index contributed by atoms with van der Waals surface area (Å²) in [6, 6.07) is 0. The van der Waals surface area contributed by atoms with Crippen LogP contribution in [-0.4, -0.2) is 22.1 Å². The Bertz CT molecular complexity index is 736. The van der Waals surface area contributed by atoms with Crippen molar-refractivity contribution in [1.82, 2.24) is 4.48 Å². The number of allylic oxidation sites excluding steroid dienone is 3. The number of aryl methyl sites for hydroxylation is 1. The smallest absolute Gasteiger partial charge is 0.396 e. The third-order valence-corrected chi connectivity index (χ3v) is 4.92. The van der Waals surface area contributed by atoms with Crippen molar-refractivity contribution in [3.05, 3.63) is 39.9 Å². The van der Waals surface area contributed by atoms with Crippen molar-refractivity contribution in [2.24, 2.45) is 0 Å². The Morgan fingerprint density at radius 1 is 1.10 bits per heavy atom. The number of aromatic nitrogens is 1. The van der Waals surface area contributed by atoms with Gasteiger partial charge < -0.3 is 17.6 Å². The Kier molecular flexibility index (Phi) is 3.01. The Morgan fingerprint density at radius 3 is 2.33 bits per heavy atom. The molecule has 1 aromatic heterocycles. The van der Waals surface area contributed by atoms with Gasteiger partial charge >= 0.3 is 6.97 Å². The third kappa shape index (κ3) is 1.66. The van der Waals surface area contributed by atoms with Crippen LogP contribution in [0, 0.1) is 6.92 Å². The molecular weight excluding hydrogens is 269 g/mol. The van der Waals surface area contributed by atoms with Crippen molar-refractivity contribution < 1.29 is 13.1 Å². The van der Waals surface area contributed by atoms with Crippen LogP contribution in [0.2, 0.25) is 0 Å². The average Bonchev–Trinajstić information content (AvgIpc) is 2.95. The van der Waals surface area contributed by atoms with E-state index >= 15 is 0 Å². The molecule has 3 heterocycles. The monoisotopic (exact) mass is 290 g/mol. The predicted molar refractivity (Wildman–Crippen MR) is 83.8 cm³/mol. The van der Waals surface area contributed by atoms with Crippen LogP contribution in [0.5, 0.6) is 0 Å². The largest absolute Gasteiger partial charge is 0.737 e. The van der Waals surface area contributed by atoms with Gasteiger partial charge in [-0.15, -0.1) is 0 Å². The van der Waals surface area contributed by atoms with Crippen LogP contribution < -0.4 is 0 Å². The van der Waals surface area contributed by atoms with Gasteiger partial charge in [-0.2, -0.15) is 0 Å². The standard InChI is InChI=1S/C16H21BF2N2/c1-6-13-8-20-15(10(13)3)12(5)16-11(4)14(7-2)9-21(16)17(20,18)19/h8-9H,6-7H2,1-5H3. The zero-order valence-corrected chi connectivity index (χ0v) is 13.3. The van der Waals surface area contributed by atoms with E-state index in [2.05, 4.69) is 0 Å². The maximum atomic E-state index is 15.0. The van der Waals surface area contributed by atoms with E-state index < -0.39 is 6.97 Å². The molecule has 0 aromatic carbocycles. The van der Waals surface area contributed by atoms with E-state index in [0.717, 1.165) is 40.7 Å². The molecule has 2 nitrogen and oxygen atoms in total. The summed E-state index contributed by atoms with van der Waals surface area (Å²) in [4.78, 5) is 0. The van der Waals surface area contributed by atoms with Crippen LogP contribution in [0.1, 0.15) is 50.9 Å². The van der Waals surface area contributed by atoms with Gasteiger partial charge in [-0.25, -0.2) is 0 Å². The van der Waals surface area contributed by atoms with Crippen molar-refractivity contribution in [2.45, 2.75) is 47.5 Å². The number of hydrogen-bond donors (Lipinski definition) is 0. The predicted octanol–water partition coefficient (Wildman–Crippen LogP) is 4.15. The quantitative estimate of drug-likeness (QED) is 0.723. The highest BCUT2D eigenvalue weighted by atomic mass is 19.2. The highest BCUT2D eigenvalue weighted by Gasteiger charge is 2.53. The van der Waals surface area contributed by atoms with Crippen LogP contribution in [-0.2, 0) is 6.42 Å². The summed E-state index contributed by atoms with van der Waals surface area (Å²) in [6.45, 7) is 6.09. The highest BCUT2D eigenvalue weighted by molar-refractivity contribution is 6.57. The SMILES string of the molecule is CCC1=C(C)C2=C(C)c3c(C)c(CC)cn3[B-](F)(F)[N+]2=C1. The minimum Gasteiger partial charge on any atom is -0.396 e. The van der Waals surface area contributed by atoms with Crippen LogP contribution in [0.4, 0.5) is 8.63 Å². The maximum absolute atomic E-state index is 15.0. The number of rotatable bonds is 2. The fourth-order valence-electron chi connectivity index (χ4n) is 3.75. The lowest BCUT2D eigenvalue weighted by Crippen LogP contribution is -2.49. The lowest BCUT2D eigenvalue weighted by molar-refractivity contribution is -0.358. The summed E-state index contributed by atoms with van der Waals surface area (Å²) >= 11 is 0. The molecule has 0 bridgehead atoms. The van der Waals surface area contributed by atoms with Gasteiger partial charge in [-0.1, -0.05) is 13.8 Å². The van der Waals surface area contributed by atoms with Gasteiger partial charge in [0, 0.05) is 22.4 Å². The number of nitrogens with zero attached hydrogens (tertiary/aromatic N) is 2. The first kappa shape index (κ1) is 14.3. The Balaban J connectivity index is 2.36. The summed E-state index contributed by atoms with van der Waals surface area (Å²) in [6.07, 6.45) is 4.83. The van der Waals surface area contributed by atoms with Crippen LogP contribution in [0.25, 0.3) is 5.57 Å². The molecule has 0 saturated heterocycles. The van der Waals surface area contributed by atoms with E-state index in [-0.39, 0.29) is 0 Å². The van der Waals surface area contributed by atoms with Gasteiger partial charge in [-0.3, -0.25) is 0 Å². The molecule has 2 aliphatic rings. The topological polar surface area (TPSA) is 7.94 Å². The molecule has 0 N–H and O–H groups in total. The molecule has 0 saturated carbocycles. The Hall–Kier alpha value is -1.65. The number of halogens is 2. The second-order valence-corrected chi connectivity index (χ2v) is 5.99. The summed E-state index contributed by atoms with van der Waals surface area (Å²) in [5.41, 5.74) is 6.34. The van der Waals surface area contributed by atoms with E-state index in [0.29, 0.717) is 11.4 Å². The normalized spacial score (nSPS) is 19.9. The molecule has 0 fully saturated rings. The second kappa shape index (κ2) is 4.42. The molecule has 0 unspecified atom stereocenters. The molecule has 21 heavy (non-hydrogen) atoms. The summed E-state index contributed by atoms with van der Waals surface area (Å²) < 4.78 is 32.4. The van der Waals surface area contributed by atoms with Gasteiger partial charge in [0.1, 0.15) is 6.21 Å². The van der Waals surface area contributed by atoms with Crippen molar-refractivity contribution in [2.75, 3.05) is 0 Å². The third-order valence-electron chi connectivity index (χ3n) is 4.92. The highest BCUT2D eigenvalue weighted by Crippen LogP contribution is 2.41. The first-order chi connectivity index (χ1) is 9.84. The first-order valence-electron chi connectivity index (χ1n) is 7.62. The summed E-state index contributed by atoms with van der Waals surface area (Å²) in [5.74, 6) is 0. The molecule has 0 amide bonds. The van der Waals surface area contributed by atoms with Crippen molar-refractivity contribution >= 4 is 18.8 Å². The fraction of sp³-hybridized carbons (Fsp3) is 0.438. The molecule has 5 heteroatoms. The Labute approximate surface area is 124 Å². The summed E-state index contributed by atoms with van der Waals surface area (Å²) in [5, 5.41) is 0. The summed E-state index contributed by atoms with van der Waals surface area (Å²) in [7, 11) is 0. The van der Waals surface area contributed by atoms with Gasteiger partial charge in [0.2, 0.25) is 0 Å². The minimum absolute atomic E-state index is 0.702. The zero-order chi connectivity index (χ0) is 15.5. The first-order valence-corrected chi connectivity index (χ1v) is 7.62. The molecular formula is C16H21BF2N2. The van der Waals surface area contributed by atoms with Gasteiger partial charge in [0.05, 0.1) is 0 Å². The molecule has 3 rings (SSSR count). The van der Waals surface area contributed by atoms with E-state index in [1.807, 2.05) is 34.6 Å². The molecule has 112 valence electrons.